The zero-order valence-electron chi connectivity index (χ0n) is 10.1. The van der Waals surface area contributed by atoms with E-state index in [4.69, 9.17) is 4.74 Å². The van der Waals surface area contributed by atoms with Gasteiger partial charge in [-0.15, -0.1) is 12.4 Å². The molecule has 3 atom stereocenters. The first-order valence-electron chi connectivity index (χ1n) is 5.69. The van der Waals surface area contributed by atoms with Crippen molar-refractivity contribution < 1.29 is 9.53 Å². The van der Waals surface area contributed by atoms with Gasteiger partial charge < -0.3 is 15.4 Å². The molecule has 94 valence electrons. The van der Waals surface area contributed by atoms with Gasteiger partial charge in [-0.3, -0.25) is 0 Å². The number of alkyl carbamates (subject to hydrolysis) is 1. The Morgan fingerprint density at radius 2 is 2.06 bits per heavy atom. The summed E-state index contributed by atoms with van der Waals surface area (Å²) < 4.78 is 5.23. The molecule has 2 fully saturated rings. The fraction of sp³-hybridized carbons (Fsp3) is 0.909. The Kier molecular flexibility index (Phi) is 4.07. The van der Waals surface area contributed by atoms with Crippen molar-refractivity contribution in [3.8, 4) is 0 Å². The predicted molar refractivity (Wildman–Crippen MR) is 65.0 cm³/mol. The molecular formula is C11H21ClN2O2. The summed E-state index contributed by atoms with van der Waals surface area (Å²) in [5.74, 6) is 0. The standard InChI is InChI=1S/C11H20N2O2.ClH/c1-11(2,3)15-10(14)13-9-6-7-4-5-8(9)12-7;/h7-9,12H,4-6H2,1-3H3,(H,13,14);1H. The quantitative estimate of drug-likeness (QED) is 0.744. The van der Waals surface area contributed by atoms with E-state index in [2.05, 4.69) is 10.6 Å². The van der Waals surface area contributed by atoms with Crippen LogP contribution in [0.25, 0.3) is 0 Å². The van der Waals surface area contributed by atoms with Crippen LogP contribution in [0.15, 0.2) is 0 Å². The van der Waals surface area contributed by atoms with Crippen LogP contribution in [-0.2, 0) is 4.74 Å². The molecule has 2 aliphatic heterocycles. The third kappa shape index (κ3) is 3.25. The SMILES string of the molecule is CC(C)(C)OC(=O)NC1CC2CCC1N2.Cl. The third-order valence-electron chi connectivity index (χ3n) is 3.00. The molecule has 5 heteroatoms. The highest BCUT2D eigenvalue weighted by Gasteiger charge is 2.40. The number of fused-ring (bicyclic) bond motifs is 2. The lowest BCUT2D eigenvalue weighted by Crippen LogP contribution is -2.45. The number of hydrogen-bond acceptors (Lipinski definition) is 3. The smallest absolute Gasteiger partial charge is 0.407 e. The van der Waals surface area contributed by atoms with Gasteiger partial charge in [0.05, 0.1) is 0 Å². The molecule has 2 saturated heterocycles. The van der Waals surface area contributed by atoms with Gasteiger partial charge in [-0.05, 0) is 40.0 Å². The predicted octanol–water partition coefficient (Wildman–Crippen LogP) is 1.83. The highest BCUT2D eigenvalue weighted by atomic mass is 35.5. The van der Waals surface area contributed by atoms with Crippen LogP contribution < -0.4 is 10.6 Å². The van der Waals surface area contributed by atoms with E-state index in [0.717, 1.165) is 6.42 Å². The van der Waals surface area contributed by atoms with Gasteiger partial charge in [-0.2, -0.15) is 0 Å². The van der Waals surface area contributed by atoms with Crippen molar-refractivity contribution in [3.63, 3.8) is 0 Å². The monoisotopic (exact) mass is 248 g/mol. The lowest BCUT2D eigenvalue weighted by atomic mass is 9.96. The lowest BCUT2D eigenvalue weighted by Gasteiger charge is -2.25. The molecule has 0 saturated carbocycles. The van der Waals surface area contributed by atoms with E-state index in [0.29, 0.717) is 12.1 Å². The molecule has 0 aromatic rings. The second-order valence-electron chi connectivity index (χ2n) is 5.54. The minimum atomic E-state index is -0.408. The largest absolute Gasteiger partial charge is 0.444 e. The van der Waals surface area contributed by atoms with Gasteiger partial charge >= 0.3 is 6.09 Å². The molecule has 2 aliphatic rings. The minimum absolute atomic E-state index is 0. The lowest BCUT2D eigenvalue weighted by molar-refractivity contribution is 0.0497. The summed E-state index contributed by atoms with van der Waals surface area (Å²) in [4.78, 5) is 11.5. The Bertz CT molecular complexity index is 265. The number of nitrogens with one attached hydrogen (secondary N) is 2. The highest BCUT2D eigenvalue weighted by Crippen LogP contribution is 2.28. The van der Waals surface area contributed by atoms with Crippen LogP contribution in [0.5, 0.6) is 0 Å². The number of amides is 1. The summed E-state index contributed by atoms with van der Waals surface area (Å²) in [6.07, 6.45) is 3.17. The normalized spacial score (nSPS) is 32.1. The van der Waals surface area contributed by atoms with Crippen molar-refractivity contribution >= 4 is 18.5 Å². The zero-order chi connectivity index (χ0) is 11.1. The van der Waals surface area contributed by atoms with Gasteiger partial charge in [-0.1, -0.05) is 0 Å². The van der Waals surface area contributed by atoms with Crippen LogP contribution in [0, 0.1) is 0 Å². The second kappa shape index (κ2) is 4.80. The topological polar surface area (TPSA) is 50.4 Å². The highest BCUT2D eigenvalue weighted by molar-refractivity contribution is 5.85. The van der Waals surface area contributed by atoms with Crippen LogP contribution in [0.3, 0.4) is 0 Å². The maximum Gasteiger partial charge on any atom is 0.407 e. The van der Waals surface area contributed by atoms with Crippen molar-refractivity contribution in [2.75, 3.05) is 0 Å². The number of halogens is 1. The van der Waals surface area contributed by atoms with Gasteiger partial charge in [0.25, 0.3) is 0 Å². The molecule has 3 unspecified atom stereocenters. The van der Waals surface area contributed by atoms with Crippen molar-refractivity contribution in [2.24, 2.45) is 0 Å². The van der Waals surface area contributed by atoms with Gasteiger partial charge in [-0.25, -0.2) is 4.79 Å². The first-order valence-corrected chi connectivity index (χ1v) is 5.69. The molecule has 0 aromatic carbocycles. The fourth-order valence-electron chi connectivity index (χ4n) is 2.44. The van der Waals surface area contributed by atoms with E-state index in [1.54, 1.807) is 0 Å². The first-order chi connectivity index (χ1) is 6.94. The fourth-order valence-corrected chi connectivity index (χ4v) is 2.44. The maximum atomic E-state index is 11.5. The van der Waals surface area contributed by atoms with Crippen LogP contribution >= 0.6 is 12.4 Å². The summed E-state index contributed by atoms with van der Waals surface area (Å²) in [6, 6.07) is 1.33. The van der Waals surface area contributed by atoms with Gasteiger partial charge in [0, 0.05) is 18.1 Å². The molecule has 2 heterocycles. The average Bonchev–Trinajstić information content (AvgIpc) is 2.60. The van der Waals surface area contributed by atoms with Crippen LogP contribution in [0.1, 0.15) is 40.0 Å². The molecule has 0 spiro atoms. The zero-order valence-corrected chi connectivity index (χ0v) is 10.9. The first kappa shape index (κ1) is 13.6. The molecular weight excluding hydrogens is 228 g/mol. The summed E-state index contributed by atoms with van der Waals surface area (Å²) in [6.45, 7) is 5.64. The van der Waals surface area contributed by atoms with E-state index < -0.39 is 5.60 Å². The molecule has 0 radical (unpaired) electrons. The van der Waals surface area contributed by atoms with Crippen molar-refractivity contribution in [2.45, 2.75) is 63.8 Å². The Hall–Kier alpha value is -0.480. The third-order valence-corrected chi connectivity index (χ3v) is 3.00. The van der Waals surface area contributed by atoms with Gasteiger partial charge in [0.2, 0.25) is 0 Å². The second-order valence-corrected chi connectivity index (χ2v) is 5.54. The van der Waals surface area contributed by atoms with Crippen molar-refractivity contribution in [3.05, 3.63) is 0 Å². The summed E-state index contributed by atoms with van der Waals surface area (Å²) >= 11 is 0. The van der Waals surface area contributed by atoms with Gasteiger partial charge in [0.15, 0.2) is 0 Å². The number of carbonyl (C=O) groups is 1. The van der Waals surface area contributed by atoms with E-state index in [1.165, 1.54) is 12.8 Å². The Labute approximate surface area is 103 Å². The van der Waals surface area contributed by atoms with E-state index in [-0.39, 0.29) is 24.5 Å². The summed E-state index contributed by atoms with van der Waals surface area (Å²) in [7, 11) is 0. The van der Waals surface area contributed by atoms with Crippen LogP contribution in [0.4, 0.5) is 4.79 Å². The molecule has 2 bridgehead atoms. The molecule has 1 amide bonds. The van der Waals surface area contributed by atoms with E-state index in [1.807, 2.05) is 20.8 Å². The molecule has 0 aliphatic carbocycles. The Morgan fingerprint density at radius 3 is 2.50 bits per heavy atom. The van der Waals surface area contributed by atoms with Crippen molar-refractivity contribution in [1.29, 1.82) is 0 Å². The average molecular weight is 249 g/mol. The molecule has 16 heavy (non-hydrogen) atoms. The number of carbonyl (C=O) groups excluding carboxylic acids is 1. The summed E-state index contributed by atoms with van der Waals surface area (Å²) in [5.41, 5.74) is -0.408. The van der Waals surface area contributed by atoms with E-state index >= 15 is 0 Å². The number of hydrogen-bond donors (Lipinski definition) is 2. The van der Waals surface area contributed by atoms with Crippen LogP contribution in [0.2, 0.25) is 0 Å². The minimum Gasteiger partial charge on any atom is -0.444 e. The molecule has 2 rings (SSSR count). The molecule has 0 aromatic heterocycles. The molecule has 4 nitrogen and oxygen atoms in total. The Balaban J connectivity index is 0.00000128. The number of rotatable bonds is 1. The van der Waals surface area contributed by atoms with Crippen molar-refractivity contribution in [1.82, 2.24) is 10.6 Å². The number of ether oxygens (including phenoxy) is 1. The maximum absolute atomic E-state index is 11.5. The van der Waals surface area contributed by atoms with Gasteiger partial charge in [0.1, 0.15) is 5.60 Å². The van der Waals surface area contributed by atoms with E-state index in [9.17, 15) is 4.79 Å². The Morgan fingerprint density at radius 1 is 1.38 bits per heavy atom. The molecule has 2 N–H and O–H groups in total. The summed E-state index contributed by atoms with van der Waals surface area (Å²) in [5, 5.41) is 6.42. The van der Waals surface area contributed by atoms with Crippen LogP contribution in [-0.4, -0.2) is 29.8 Å².